The molecule has 3 aromatic rings. The molecule has 0 bridgehead atoms. The Balaban J connectivity index is 1.96. The lowest BCUT2D eigenvalue weighted by molar-refractivity contribution is 0.101. The van der Waals surface area contributed by atoms with Crippen LogP contribution in [0, 0.1) is 6.92 Å². The third-order valence-electron chi connectivity index (χ3n) is 3.44. The number of aromatic nitrogens is 1. The van der Waals surface area contributed by atoms with Crippen molar-refractivity contribution >= 4 is 33.1 Å². The molecule has 0 fully saturated rings. The number of thiophene rings is 1. The molecule has 20 heavy (non-hydrogen) atoms. The Labute approximate surface area is 121 Å². The molecule has 1 aromatic carbocycles. The lowest BCUT2D eigenvalue weighted by atomic mass is 10.2. The molecule has 1 amide bonds. The Morgan fingerprint density at radius 1 is 1.30 bits per heavy atom. The average Bonchev–Trinajstić information content (AvgIpc) is 3.01. The smallest absolute Gasteiger partial charge is 0.272 e. The second-order valence-corrected chi connectivity index (χ2v) is 5.62. The summed E-state index contributed by atoms with van der Waals surface area (Å²) < 4.78 is 2.06. The number of fused-ring (bicyclic) bond motifs is 1. The highest BCUT2D eigenvalue weighted by Gasteiger charge is 2.16. The van der Waals surface area contributed by atoms with Gasteiger partial charge in [-0.1, -0.05) is 18.2 Å². The molecule has 102 valence electrons. The minimum atomic E-state index is -0.0513. The molecular formula is C16H16N2OS. The van der Waals surface area contributed by atoms with Crippen molar-refractivity contribution in [3.63, 3.8) is 0 Å². The number of carbonyl (C=O) groups excluding carboxylic acids is 1. The molecule has 2 heterocycles. The van der Waals surface area contributed by atoms with Crippen LogP contribution in [0.4, 0.5) is 5.69 Å². The minimum absolute atomic E-state index is 0.0513. The van der Waals surface area contributed by atoms with E-state index in [1.807, 2.05) is 37.3 Å². The predicted molar refractivity (Wildman–Crippen MR) is 84.6 cm³/mol. The number of para-hydroxylation sites is 1. The fraction of sp³-hybridized carbons (Fsp3) is 0.188. The van der Waals surface area contributed by atoms with Gasteiger partial charge in [0.25, 0.3) is 5.91 Å². The summed E-state index contributed by atoms with van der Waals surface area (Å²) in [5, 5.41) is 6.18. The second-order valence-electron chi connectivity index (χ2n) is 4.72. The highest BCUT2D eigenvalue weighted by molar-refractivity contribution is 7.16. The third kappa shape index (κ3) is 2.12. The number of nitrogens with one attached hydrogen (secondary N) is 1. The summed E-state index contributed by atoms with van der Waals surface area (Å²) in [6.45, 7) is 4.84. The van der Waals surface area contributed by atoms with Crippen LogP contribution in [-0.4, -0.2) is 10.5 Å². The number of nitrogens with zero attached hydrogens (tertiary/aromatic N) is 1. The van der Waals surface area contributed by atoms with Crippen LogP contribution in [0.25, 0.3) is 10.2 Å². The van der Waals surface area contributed by atoms with Crippen molar-refractivity contribution < 1.29 is 4.79 Å². The number of amides is 1. The number of hydrogen-bond donors (Lipinski definition) is 1. The Bertz CT molecular complexity index is 770. The number of rotatable bonds is 3. The zero-order valence-corrected chi connectivity index (χ0v) is 12.3. The van der Waals surface area contributed by atoms with Gasteiger partial charge in [0.05, 0.1) is 0 Å². The Morgan fingerprint density at radius 3 is 2.85 bits per heavy atom. The SMILES string of the molecule is CCn1c(C(=O)Nc2ccccc2C)cc2ccsc21. The largest absolute Gasteiger partial charge is 0.329 e. The summed E-state index contributed by atoms with van der Waals surface area (Å²) >= 11 is 1.67. The van der Waals surface area contributed by atoms with Gasteiger partial charge in [0.15, 0.2) is 0 Å². The lowest BCUT2D eigenvalue weighted by Gasteiger charge is -2.10. The molecular weight excluding hydrogens is 268 g/mol. The van der Waals surface area contributed by atoms with Crippen LogP contribution in [0.5, 0.6) is 0 Å². The van der Waals surface area contributed by atoms with E-state index < -0.39 is 0 Å². The lowest BCUT2D eigenvalue weighted by Crippen LogP contribution is -2.17. The van der Waals surface area contributed by atoms with E-state index >= 15 is 0 Å². The standard InChI is InChI=1S/C16H16N2OS/c1-3-18-14(10-12-8-9-20-16(12)18)15(19)17-13-7-5-4-6-11(13)2/h4-10H,3H2,1-2H3,(H,17,19). The van der Waals surface area contributed by atoms with Crippen LogP contribution < -0.4 is 5.32 Å². The highest BCUT2D eigenvalue weighted by atomic mass is 32.1. The molecule has 0 aliphatic rings. The molecule has 3 rings (SSSR count). The van der Waals surface area contributed by atoms with Crippen molar-refractivity contribution in [2.45, 2.75) is 20.4 Å². The van der Waals surface area contributed by atoms with E-state index in [0.29, 0.717) is 0 Å². The molecule has 3 nitrogen and oxygen atoms in total. The zero-order chi connectivity index (χ0) is 14.1. The van der Waals surface area contributed by atoms with Crippen molar-refractivity contribution in [3.05, 3.63) is 53.0 Å². The molecule has 4 heteroatoms. The summed E-state index contributed by atoms with van der Waals surface area (Å²) in [6.07, 6.45) is 0. The van der Waals surface area contributed by atoms with Gasteiger partial charge in [0, 0.05) is 17.6 Å². The normalized spacial score (nSPS) is 10.9. The molecule has 2 aromatic heterocycles. The number of aryl methyl sites for hydroxylation is 2. The van der Waals surface area contributed by atoms with E-state index in [2.05, 4.69) is 28.3 Å². The molecule has 0 saturated heterocycles. The van der Waals surface area contributed by atoms with Gasteiger partial charge in [-0.3, -0.25) is 4.79 Å². The fourth-order valence-corrected chi connectivity index (χ4v) is 3.34. The summed E-state index contributed by atoms with van der Waals surface area (Å²) in [4.78, 5) is 13.6. The Kier molecular flexibility index (Phi) is 3.32. The Hall–Kier alpha value is -2.07. The number of carbonyl (C=O) groups is 1. The topological polar surface area (TPSA) is 34.0 Å². The van der Waals surface area contributed by atoms with E-state index in [9.17, 15) is 4.79 Å². The molecule has 0 unspecified atom stereocenters. The van der Waals surface area contributed by atoms with Gasteiger partial charge < -0.3 is 9.88 Å². The van der Waals surface area contributed by atoms with Gasteiger partial charge in [0.1, 0.15) is 10.5 Å². The predicted octanol–water partition coefficient (Wildman–Crippen LogP) is 4.28. The fourth-order valence-electron chi connectivity index (χ4n) is 2.38. The van der Waals surface area contributed by atoms with Crippen LogP contribution in [0.15, 0.2) is 41.8 Å². The van der Waals surface area contributed by atoms with Gasteiger partial charge in [0.2, 0.25) is 0 Å². The molecule has 0 radical (unpaired) electrons. The van der Waals surface area contributed by atoms with Crippen LogP contribution >= 0.6 is 11.3 Å². The van der Waals surface area contributed by atoms with E-state index in [1.54, 1.807) is 11.3 Å². The van der Waals surface area contributed by atoms with Crippen LogP contribution in [0.2, 0.25) is 0 Å². The minimum Gasteiger partial charge on any atom is -0.329 e. The second kappa shape index (κ2) is 5.13. The molecule has 0 saturated carbocycles. The monoisotopic (exact) mass is 284 g/mol. The van der Waals surface area contributed by atoms with Crippen molar-refractivity contribution in [2.24, 2.45) is 0 Å². The molecule has 0 spiro atoms. The zero-order valence-electron chi connectivity index (χ0n) is 11.5. The van der Waals surface area contributed by atoms with Crippen LogP contribution in [0.3, 0.4) is 0 Å². The first-order chi connectivity index (χ1) is 9.70. The maximum atomic E-state index is 12.5. The van der Waals surface area contributed by atoms with Gasteiger partial charge in [-0.25, -0.2) is 0 Å². The van der Waals surface area contributed by atoms with Gasteiger partial charge in [-0.2, -0.15) is 0 Å². The molecule has 0 aliphatic carbocycles. The quantitative estimate of drug-likeness (QED) is 0.765. The van der Waals surface area contributed by atoms with Crippen molar-refractivity contribution in [2.75, 3.05) is 5.32 Å². The average molecular weight is 284 g/mol. The van der Waals surface area contributed by atoms with E-state index in [4.69, 9.17) is 0 Å². The van der Waals surface area contributed by atoms with Gasteiger partial charge in [-0.15, -0.1) is 11.3 Å². The van der Waals surface area contributed by atoms with Gasteiger partial charge in [-0.05, 0) is 43.0 Å². The third-order valence-corrected chi connectivity index (χ3v) is 4.40. The highest BCUT2D eigenvalue weighted by Crippen LogP contribution is 2.26. The summed E-state index contributed by atoms with van der Waals surface area (Å²) in [6, 6.07) is 11.8. The van der Waals surface area contributed by atoms with Crippen molar-refractivity contribution in [3.8, 4) is 0 Å². The summed E-state index contributed by atoms with van der Waals surface area (Å²) in [7, 11) is 0. The first-order valence-electron chi connectivity index (χ1n) is 6.64. The molecule has 0 atom stereocenters. The van der Waals surface area contributed by atoms with Crippen molar-refractivity contribution in [1.29, 1.82) is 0 Å². The Morgan fingerprint density at radius 2 is 2.10 bits per heavy atom. The van der Waals surface area contributed by atoms with E-state index in [-0.39, 0.29) is 5.91 Å². The van der Waals surface area contributed by atoms with Crippen molar-refractivity contribution in [1.82, 2.24) is 4.57 Å². The van der Waals surface area contributed by atoms with Gasteiger partial charge >= 0.3 is 0 Å². The first kappa shape index (κ1) is 12.9. The van der Waals surface area contributed by atoms with E-state index in [1.165, 1.54) is 0 Å². The molecule has 0 aliphatic heterocycles. The first-order valence-corrected chi connectivity index (χ1v) is 7.52. The maximum absolute atomic E-state index is 12.5. The number of benzene rings is 1. The van der Waals surface area contributed by atoms with Crippen LogP contribution in [0.1, 0.15) is 23.0 Å². The van der Waals surface area contributed by atoms with E-state index in [0.717, 1.165) is 33.7 Å². The summed E-state index contributed by atoms with van der Waals surface area (Å²) in [5.41, 5.74) is 2.65. The summed E-state index contributed by atoms with van der Waals surface area (Å²) in [5.74, 6) is -0.0513. The number of anilines is 1. The van der Waals surface area contributed by atoms with Crippen LogP contribution in [-0.2, 0) is 6.54 Å². The number of hydrogen-bond acceptors (Lipinski definition) is 2. The maximum Gasteiger partial charge on any atom is 0.272 e. The molecule has 1 N–H and O–H groups in total.